The minimum Gasteiger partial charge on any atom is -0.313 e. The van der Waals surface area contributed by atoms with Gasteiger partial charge in [0.15, 0.2) is 5.82 Å². The summed E-state index contributed by atoms with van der Waals surface area (Å²) in [7, 11) is 3.56. The molecule has 0 aliphatic carbocycles. The summed E-state index contributed by atoms with van der Waals surface area (Å²) in [4.78, 5) is 17.6. The van der Waals surface area contributed by atoms with Crippen LogP contribution in [0.2, 0.25) is 0 Å². The number of aromatic nitrogens is 6. The lowest BCUT2D eigenvalue weighted by molar-refractivity contribution is 0.102. The minimum absolute atomic E-state index is 0.326. The molecule has 0 saturated carbocycles. The molecule has 0 aliphatic rings. The number of nitrogens with one attached hydrogen (secondary N) is 1. The SMILES string of the molecule is Cc1ccn(-c2c(C(=O)Nc3nc4ccc(C#N)cc4n3C)c(C)nn2C)n1. The summed E-state index contributed by atoms with van der Waals surface area (Å²) in [5.41, 5.74) is 3.86. The fourth-order valence-corrected chi connectivity index (χ4v) is 3.24. The van der Waals surface area contributed by atoms with Gasteiger partial charge in [-0.3, -0.25) is 10.1 Å². The third kappa shape index (κ3) is 2.72. The van der Waals surface area contributed by atoms with Gasteiger partial charge in [0.05, 0.1) is 34.1 Å². The Morgan fingerprint density at radius 1 is 1.18 bits per heavy atom. The maximum absolute atomic E-state index is 13.1. The third-order valence-electron chi connectivity index (χ3n) is 4.59. The molecule has 0 fully saturated rings. The molecule has 28 heavy (non-hydrogen) atoms. The number of aryl methyl sites for hydroxylation is 4. The second-order valence-corrected chi connectivity index (χ2v) is 6.57. The molecule has 0 bridgehead atoms. The molecular formula is C19H18N8O. The first-order chi connectivity index (χ1) is 13.4. The first-order valence-electron chi connectivity index (χ1n) is 8.63. The zero-order valence-electron chi connectivity index (χ0n) is 15.9. The van der Waals surface area contributed by atoms with Gasteiger partial charge in [0, 0.05) is 20.3 Å². The highest BCUT2D eigenvalue weighted by atomic mass is 16.2. The third-order valence-corrected chi connectivity index (χ3v) is 4.59. The molecular weight excluding hydrogens is 356 g/mol. The van der Waals surface area contributed by atoms with Crippen molar-refractivity contribution < 1.29 is 4.79 Å². The number of hydrogen-bond acceptors (Lipinski definition) is 5. The second-order valence-electron chi connectivity index (χ2n) is 6.57. The molecule has 0 atom stereocenters. The van der Waals surface area contributed by atoms with Crippen molar-refractivity contribution in [3.63, 3.8) is 0 Å². The average molecular weight is 374 g/mol. The largest absolute Gasteiger partial charge is 0.313 e. The number of rotatable bonds is 3. The van der Waals surface area contributed by atoms with Gasteiger partial charge in [-0.2, -0.15) is 15.5 Å². The first kappa shape index (κ1) is 17.5. The van der Waals surface area contributed by atoms with E-state index in [0.29, 0.717) is 34.1 Å². The number of fused-ring (bicyclic) bond motifs is 1. The highest BCUT2D eigenvalue weighted by Gasteiger charge is 2.24. The molecule has 1 aromatic carbocycles. The van der Waals surface area contributed by atoms with Crippen LogP contribution in [0, 0.1) is 25.2 Å². The van der Waals surface area contributed by atoms with Crippen molar-refractivity contribution in [2.45, 2.75) is 13.8 Å². The van der Waals surface area contributed by atoms with Gasteiger partial charge in [-0.25, -0.2) is 14.3 Å². The molecule has 0 unspecified atom stereocenters. The van der Waals surface area contributed by atoms with E-state index in [-0.39, 0.29) is 5.91 Å². The van der Waals surface area contributed by atoms with E-state index in [2.05, 4.69) is 26.6 Å². The molecule has 4 rings (SSSR count). The van der Waals surface area contributed by atoms with Crippen LogP contribution in [0.15, 0.2) is 30.5 Å². The van der Waals surface area contributed by atoms with E-state index >= 15 is 0 Å². The smallest absolute Gasteiger partial charge is 0.263 e. The van der Waals surface area contributed by atoms with Crippen LogP contribution in [0.1, 0.15) is 27.3 Å². The average Bonchev–Trinajstić information content (AvgIpc) is 3.31. The van der Waals surface area contributed by atoms with Crippen LogP contribution in [-0.2, 0) is 14.1 Å². The first-order valence-corrected chi connectivity index (χ1v) is 8.63. The maximum Gasteiger partial charge on any atom is 0.263 e. The lowest BCUT2D eigenvalue weighted by Crippen LogP contribution is -2.18. The Balaban J connectivity index is 1.75. The summed E-state index contributed by atoms with van der Waals surface area (Å²) in [6.45, 7) is 3.66. The molecule has 0 aliphatic heterocycles. The molecule has 0 radical (unpaired) electrons. The monoisotopic (exact) mass is 374 g/mol. The van der Waals surface area contributed by atoms with Gasteiger partial charge in [0.2, 0.25) is 5.95 Å². The Morgan fingerprint density at radius 2 is 1.96 bits per heavy atom. The highest BCUT2D eigenvalue weighted by Crippen LogP contribution is 2.22. The summed E-state index contributed by atoms with van der Waals surface area (Å²) < 4.78 is 5.01. The van der Waals surface area contributed by atoms with Gasteiger partial charge >= 0.3 is 0 Å². The van der Waals surface area contributed by atoms with Crippen LogP contribution in [0.25, 0.3) is 16.9 Å². The number of benzene rings is 1. The van der Waals surface area contributed by atoms with Gasteiger partial charge < -0.3 is 4.57 Å². The van der Waals surface area contributed by atoms with Crippen molar-refractivity contribution in [2.75, 3.05) is 5.32 Å². The Labute approximate surface area is 160 Å². The summed E-state index contributed by atoms with van der Waals surface area (Å²) in [5, 5.41) is 20.7. The molecule has 4 aromatic rings. The minimum atomic E-state index is -0.326. The standard InChI is InChI=1S/C19H18N8O/c1-11-7-8-27(23-11)18-16(12(2)24-26(18)4)17(28)22-19-21-14-6-5-13(10-20)9-15(14)25(19)3/h5-9H,1-4H3,(H,21,22,28). The number of hydrogen-bond donors (Lipinski definition) is 1. The molecule has 9 nitrogen and oxygen atoms in total. The van der Waals surface area contributed by atoms with Gasteiger partial charge in [0.1, 0.15) is 5.56 Å². The van der Waals surface area contributed by atoms with Crippen molar-refractivity contribution in [1.82, 2.24) is 29.1 Å². The normalized spacial score (nSPS) is 11.0. The van der Waals surface area contributed by atoms with Crippen LogP contribution in [0.5, 0.6) is 0 Å². The van der Waals surface area contributed by atoms with Crippen LogP contribution in [-0.4, -0.2) is 35.0 Å². The number of nitrogens with zero attached hydrogens (tertiary/aromatic N) is 7. The Bertz CT molecular complexity index is 1270. The van der Waals surface area contributed by atoms with Gasteiger partial charge in [-0.1, -0.05) is 0 Å². The summed E-state index contributed by atoms with van der Waals surface area (Å²) in [6, 6.07) is 9.18. The van der Waals surface area contributed by atoms with Gasteiger partial charge in [-0.15, -0.1) is 0 Å². The number of anilines is 1. The number of nitriles is 1. The number of amides is 1. The lowest BCUT2D eigenvalue weighted by atomic mass is 10.2. The number of carbonyl (C=O) groups excluding carboxylic acids is 1. The van der Waals surface area contributed by atoms with E-state index in [1.807, 2.05) is 13.0 Å². The molecule has 140 valence electrons. The maximum atomic E-state index is 13.1. The summed E-state index contributed by atoms with van der Waals surface area (Å²) in [5.74, 6) is 0.641. The van der Waals surface area contributed by atoms with Gasteiger partial charge in [0.25, 0.3) is 5.91 Å². The quantitative estimate of drug-likeness (QED) is 0.592. The van der Waals surface area contributed by atoms with E-state index in [0.717, 1.165) is 11.2 Å². The number of carbonyl (C=O) groups is 1. The van der Waals surface area contributed by atoms with E-state index in [1.165, 1.54) is 0 Å². The molecule has 0 saturated heterocycles. The molecule has 1 N–H and O–H groups in total. The summed E-state index contributed by atoms with van der Waals surface area (Å²) >= 11 is 0. The Hall–Kier alpha value is -3.93. The van der Waals surface area contributed by atoms with E-state index in [1.54, 1.807) is 59.3 Å². The molecule has 3 heterocycles. The Kier molecular flexibility index (Phi) is 3.96. The van der Waals surface area contributed by atoms with E-state index in [4.69, 9.17) is 5.26 Å². The fourth-order valence-electron chi connectivity index (χ4n) is 3.24. The molecule has 0 spiro atoms. The van der Waals surface area contributed by atoms with Crippen molar-refractivity contribution in [2.24, 2.45) is 14.1 Å². The predicted octanol–water partition coefficient (Wildman–Crippen LogP) is 2.23. The topological polar surface area (TPSA) is 106 Å². The molecule has 1 amide bonds. The van der Waals surface area contributed by atoms with Gasteiger partial charge in [-0.05, 0) is 38.1 Å². The lowest BCUT2D eigenvalue weighted by Gasteiger charge is -2.08. The zero-order valence-corrected chi connectivity index (χ0v) is 15.9. The van der Waals surface area contributed by atoms with E-state index < -0.39 is 0 Å². The summed E-state index contributed by atoms with van der Waals surface area (Å²) in [6.07, 6.45) is 1.79. The van der Waals surface area contributed by atoms with Crippen molar-refractivity contribution in [3.05, 3.63) is 53.0 Å². The van der Waals surface area contributed by atoms with Crippen LogP contribution < -0.4 is 5.32 Å². The van der Waals surface area contributed by atoms with Crippen molar-refractivity contribution >= 4 is 22.9 Å². The van der Waals surface area contributed by atoms with Crippen molar-refractivity contribution in [1.29, 1.82) is 5.26 Å². The Morgan fingerprint density at radius 3 is 2.64 bits per heavy atom. The molecule has 3 aromatic heterocycles. The molecule has 9 heteroatoms. The van der Waals surface area contributed by atoms with Crippen LogP contribution >= 0.6 is 0 Å². The van der Waals surface area contributed by atoms with E-state index in [9.17, 15) is 4.79 Å². The van der Waals surface area contributed by atoms with Crippen molar-refractivity contribution in [3.8, 4) is 11.9 Å². The zero-order chi connectivity index (χ0) is 20.0. The van der Waals surface area contributed by atoms with Crippen LogP contribution in [0.3, 0.4) is 0 Å². The number of imidazole rings is 1. The fraction of sp³-hybridized carbons (Fsp3) is 0.211. The predicted molar refractivity (Wildman–Crippen MR) is 103 cm³/mol. The second kappa shape index (κ2) is 6.35. The highest BCUT2D eigenvalue weighted by molar-refractivity contribution is 6.07. The van der Waals surface area contributed by atoms with Crippen LogP contribution in [0.4, 0.5) is 5.95 Å².